The van der Waals surface area contributed by atoms with E-state index in [1.54, 1.807) is 25.3 Å². The molecular formula is C14H18N2O3. The zero-order valence-corrected chi connectivity index (χ0v) is 11.0. The molecule has 19 heavy (non-hydrogen) atoms. The summed E-state index contributed by atoms with van der Waals surface area (Å²) < 4.78 is 0. The molecule has 1 aliphatic carbocycles. The Bertz CT molecular complexity index is 493. The van der Waals surface area contributed by atoms with E-state index < -0.39 is 11.5 Å². The van der Waals surface area contributed by atoms with Crippen LogP contribution in [0.3, 0.4) is 0 Å². The van der Waals surface area contributed by atoms with E-state index in [9.17, 15) is 9.59 Å². The summed E-state index contributed by atoms with van der Waals surface area (Å²) in [5.74, 6) is -1.10. The molecule has 5 nitrogen and oxygen atoms in total. The monoisotopic (exact) mass is 262 g/mol. The highest BCUT2D eigenvalue weighted by atomic mass is 16.4. The van der Waals surface area contributed by atoms with E-state index in [1.807, 2.05) is 0 Å². The number of rotatable bonds is 4. The Hall–Kier alpha value is -1.91. The molecule has 1 aromatic heterocycles. The van der Waals surface area contributed by atoms with Crippen molar-refractivity contribution in [3.05, 3.63) is 29.6 Å². The van der Waals surface area contributed by atoms with Gasteiger partial charge in [0.25, 0.3) is 5.91 Å². The summed E-state index contributed by atoms with van der Waals surface area (Å²) in [4.78, 5) is 27.3. The minimum absolute atomic E-state index is 0.0158. The molecule has 1 fully saturated rings. The van der Waals surface area contributed by atoms with Crippen LogP contribution < -0.4 is 5.32 Å². The summed E-state index contributed by atoms with van der Waals surface area (Å²) >= 11 is 0. The average Bonchev–Trinajstić information content (AvgIpc) is 2.76. The first kappa shape index (κ1) is 13.5. The molecule has 5 heteroatoms. The predicted octanol–water partition coefficient (Wildman–Crippen LogP) is 1.91. The first-order valence-corrected chi connectivity index (χ1v) is 6.48. The number of hydrogen-bond donors (Lipinski definition) is 2. The summed E-state index contributed by atoms with van der Waals surface area (Å²) in [6, 6.07) is 3.42. The van der Waals surface area contributed by atoms with Gasteiger partial charge in [-0.25, -0.2) is 0 Å². The van der Waals surface area contributed by atoms with Crippen LogP contribution in [0.2, 0.25) is 0 Å². The van der Waals surface area contributed by atoms with Crippen LogP contribution in [0.4, 0.5) is 0 Å². The van der Waals surface area contributed by atoms with Gasteiger partial charge in [-0.2, -0.15) is 0 Å². The minimum Gasteiger partial charge on any atom is -0.481 e. The van der Waals surface area contributed by atoms with Crippen LogP contribution in [0.15, 0.2) is 18.3 Å². The molecule has 102 valence electrons. The van der Waals surface area contributed by atoms with Crippen molar-refractivity contribution in [1.29, 1.82) is 0 Å². The van der Waals surface area contributed by atoms with E-state index in [1.165, 1.54) is 0 Å². The van der Waals surface area contributed by atoms with Crippen molar-refractivity contribution in [2.75, 3.05) is 0 Å². The molecule has 1 saturated carbocycles. The maximum absolute atomic E-state index is 12.3. The second kappa shape index (κ2) is 5.38. The van der Waals surface area contributed by atoms with Crippen molar-refractivity contribution in [2.24, 2.45) is 0 Å². The van der Waals surface area contributed by atoms with Gasteiger partial charge in [-0.3, -0.25) is 14.6 Å². The molecule has 0 radical (unpaired) electrons. The van der Waals surface area contributed by atoms with E-state index in [0.717, 1.165) is 25.7 Å². The standard InChI is InChI=1S/C14H18N2O3/c1-10-11(5-4-8-15-10)13(19)16-14(9-12(17)18)6-2-3-7-14/h4-5,8H,2-3,6-7,9H2,1H3,(H,16,19)(H,17,18). The number of hydrogen-bond acceptors (Lipinski definition) is 3. The second-order valence-corrected chi connectivity index (χ2v) is 5.15. The third-order valence-corrected chi connectivity index (χ3v) is 3.68. The van der Waals surface area contributed by atoms with Gasteiger partial charge in [0, 0.05) is 11.9 Å². The highest BCUT2D eigenvalue weighted by Gasteiger charge is 2.37. The Morgan fingerprint density at radius 3 is 2.68 bits per heavy atom. The Kier molecular flexibility index (Phi) is 3.83. The van der Waals surface area contributed by atoms with Gasteiger partial charge in [0.1, 0.15) is 0 Å². The lowest BCUT2D eigenvalue weighted by Crippen LogP contribution is -2.48. The molecule has 0 atom stereocenters. The summed E-state index contributed by atoms with van der Waals surface area (Å²) in [6.07, 6.45) is 4.99. The summed E-state index contributed by atoms with van der Waals surface area (Å²) in [5, 5.41) is 11.9. The fourth-order valence-corrected chi connectivity index (χ4v) is 2.72. The van der Waals surface area contributed by atoms with Crippen molar-refractivity contribution in [3.8, 4) is 0 Å². The van der Waals surface area contributed by atoms with E-state index in [-0.39, 0.29) is 12.3 Å². The topological polar surface area (TPSA) is 79.3 Å². The smallest absolute Gasteiger partial charge is 0.305 e. The zero-order chi connectivity index (χ0) is 13.9. The van der Waals surface area contributed by atoms with Crippen molar-refractivity contribution in [3.63, 3.8) is 0 Å². The lowest BCUT2D eigenvalue weighted by Gasteiger charge is -2.28. The molecule has 1 aliphatic rings. The van der Waals surface area contributed by atoms with Gasteiger partial charge in [-0.15, -0.1) is 0 Å². The normalized spacial score (nSPS) is 17.1. The summed E-state index contributed by atoms with van der Waals surface area (Å²) in [6.45, 7) is 1.77. The average molecular weight is 262 g/mol. The van der Waals surface area contributed by atoms with E-state index in [2.05, 4.69) is 10.3 Å². The third kappa shape index (κ3) is 3.10. The van der Waals surface area contributed by atoms with Gasteiger partial charge in [0.05, 0.1) is 17.5 Å². The number of nitrogens with zero attached hydrogens (tertiary/aromatic N) is 1. The predicted molar refractivity (Wildman–Crippen MR) is 69.9 cm³/mol. The van der Waals surface area contributed by atoms with E-state index in [0.29, 0.717) is 11.3 Å². The van der Waals surface area contributed by atoms with Crippen LogP contribution in [0.1, 0.15) is 48.2 Å². The van der Waals surface area contributed by atoms with Crippen molar-refractivity contribution < 1.29 is 14.7 Å². The lowest BCUT2D eigenvalue weighted by atomic mass is 9.92. The number of aliphatic carboxylic acids is 1. The molecule has 1 amide bonds. The molecule has 0 aliphatic heterocycles. The molecule has 0 aromatic carbocycles. The Balaban J connectivity index is 2.16. The number of amides is 1. The van der Waals surface area contributed by atoms with Crippen molar-refractivity contribution >= 4 is 11.9 Å². The molecule has 0 bridgehead atoms. The van der Waals surface area contributed by atoms with Gasteiger partial charge >= 0.3 is 5.97 Å². The molecule has 0 unspecified atom stereocenters. The van der Waals surface area contributed by atoms with Crippen LogP contribution in [0.5, 0.6) is 0 Å². The number of carboxylic acid groups (broad SMARTS) is 1. The SMILES string of the molecule is Cc1ncccc1C(=O)NC1(CC(=O)O)CCCC1. The van der Waals surface area contributed by atoms with Crippen LogP contribution in [-0.4, -0.2) is 27.5 Å². The highest BCUT2D eigenvalue weighted by Crippen LogP contribution is 2.33. The van der Waals surface area contributed by atoms with E-state index >= 15 is 0 Å². The number of aryl methyl sites for hydroxylation is 1. The third-order valence-electron chi connectivity index (χ3n) is 3.68. The highest BCUT2D eigenvalue weighted by molar-refractivity contribution is 5.95. The first-order valence-electron chi connectivity index (χ1n) is 6.48. The molecule has 0 spiro atoms. The van der Waals surface area contributed by atoms with Crippen molar-refractivity contribution in [1.82, 2.24) is 10.3 Å². The Morgan fingerprint density at radius 1 is 1.42 bits per heavy atom. The number of aromatic nitrogens is 1. The van der Waals surface area contributed by atoms with Gasteiger partial charge in [0.2, 0.25) is 0 Å². The number of carbonyl (C=O) groups is 2. The van der Waals surface area contributed by atoms with Crippen LogP contribution in [0.25, 0.3) is 0 Å². The maximum atomic E-state index is 12.3. The number of carboxylic acids is 1. The van der Waals surface area contributed by atoms with Gasteiger partial charge in [-0.05, 0) is 31.9 Å². The summed E-state index contributed by atoms with van der Waals surface area (Å²) in [7, 11) is 0. The Morgan fingerprint density at radius 2 is 2.11 bits per heavy atom. The molecule has 1 heterocycles. The molecule has 2 rings (SSSR count). The van der Waals surface area contributed by atoms with Crippen LogP contribution >= 0.6 is 0 Å². The lowest BCUT2D eigenvalue weighted by molar-refractivity contribution is -0.138. The number of pyridine rings is 1. The largest absolute Gasteiger partial charge is 0.481 e. The maximum Gasteiger partial charge on any atom is 0.305 e. The molecule has 0 saturated heterocycles. The van der Waals surface area contributed by atoms with Crippen LogP contribution in [-0.2, 0) is 4.79 Å². The van der Waals surface area contributed by atoms with E-state index in [4.69, 9.17) is 5.11 Å². The fraction of sp³-hybridized carbons (Fsp3) is 0.500. The number of nitrogens with one attached hydrogen (secondary N) is 1. The first-order chi connectivity index (χ1) is 9.02. The molecule has 1 aromatic rings. The minimum atomic E-state index is -0.870. The van der Waals surface area contributed by atoms with Gasteiger partial charge < -0.3 is 10.4 Å². The fourth-order valence-electron chi connectivity index (χ4n) is 2.72. The number of carbonyl (C=O) groups excluding carboxylic acids is 1. The Labute approximate surface area is 112 Å². The molecular weight excluding hydrogens is 244 g/mol. The molecule has 2 N–H and O–H groups in total. The van der Waals surface area contributed by atoms with Gasteiger partial charge in [-0.1, -0.05) is 12.8 Å². The van der Waals surface area contributed by atoms with Crippen molar-refractivity contribution in [2.45, 2.75) is 44.6 Å². The van der Waals surface area contributed by atoms with Crippen LogP contribution in [0, 0.1) is 6.92 Å². The second-order valence-electron chi connectivity index (χ2n) is 5.15. The summed E-state index contributed by atoms with van der Waals surface area (Å²) in [5.41, 5.74) is 0.577. The van der Waals surface area contributed by atoms with Gasteiger partial charge in [0.15, 0.2) is 0 Å². The zero-order valence-electron chi connectivity index (χ0n) is 11.0. The quantitative estimate of drug-likeness (QED) is 0.868.